The minimum atomic E-state index is -0.390. The van der Waals surface area contributed by atoms with Gasteiger partial charge in [-0.15, -0.1) is 10.2 Å². The van der Waals surface area contributed by atoms with Gasteiger partial charge in [-0.1, -0.05) is 0 Å². The van der Waals surface area contributed by atoms with Gasteiger partial charge in [0.1, 0.15) is 18.1 Å². The van der Waals surface area contributed by atoms with Crippen LogP contribution in [0.15, 0.2) is 47.3 Å². The lowest BCUT2D eigenvalue weighted by molar-refractivity contribution is -0.116. The second-order valence-electron chi connectivity index (χ2n) is 6.93. The summed E-state index contributed by atoms with van der Waals surface area (Å²) in [7, 11) is 4.66. The molecule has 2 aromatic carbocycles. The van der Waals surface area contributed by atoms with E-state index in [4.69, 9.17) is 18.9 Å². The maximum absolute atomic E-state index is 12.4. The largest absolute Gasteiger partial charge is 0.493 e. The number of hydrogen-bond donors (Lipinski definition) is 2. The fourth-order valence-corrected chi connectivity index (χ4v) is 2.98. The second kappa shape index (κ2) is 11.6. The molecule has 1 amide bonds. The summed E-state index contributed by atoms with van der Waals surface area (Å²) in [5, 5.41) is 10.9. The standard InChI is InChI=1S/C23H26N4O6/c1-30-12-13-33-17-7-4-15(5-8-17)22-25-23(29)18(26-27-22)9-11-21(28)24-16-6-10-19(31-2)20(14-16)32-3/h4-8,10,14H,9,11-13H2,1-3H3,(H,24,28)(H,25,27,29). The van der Waals surface area contributed by atoms with Gasteiger partial charge in [0, 0.05) is 37.3 Å². The Balaban J connectivity index is 1.58. The molecular weight excluding hydrogens is 428 g/mol. The number of carbonyl (C=O) groups is 1. The van der Waals surface area contributed by atoms with E-state index in [9.17, 15) is 9.59 Å². The molecule has 33 heavy (non-hydrogen) atoms. The van der Waals surface area contributed by atoms with Crippen molar-refractivity contribution >= 4 is 11.6 Å². The number of hydrogen-bond acceptors (Lipinski definition) is 8. The van der Waals surface area contributed by atoms with Gasteiger partial charge >= 0.3 is 0 Å². The molecule has 0 fully saturated rings. The molecule has 0 saturated heterocycles. The van der Waals surface area contributed by atoms with Gasteiger partial charge in [0.05, 0.1) is 20.8 Å². The van der Waals surface area contributed by atoms with E-state index in [-0.39, 0.29) is 30.0 Å². The highest BCUT2D eigenvalue weighted by Gasteiger charge is 2.11. The molecule has 0 aliphatic carbocycles. The van der Waals surface area contributed by atoms with Crippen molar-refractivity contribution in [3.05, 3.63) is 58.5 Å². The quantitative estimate of drug-likeness (QED) is 0.423. The van der Waals surface area contributed by atoms with Crippen LogP contribution in [0, 0.1) is 0 Å². The zero-order valence-corrected chi connectivity index (χ0v) is 18.7. The van der Waals surface area contributed by atoms with E-state index in [1.165, 1.54) is 14.2 Å². The van der Waals surface area contributed by atoms with Gasteiger partial charge < -0.3 is 29.2 Å². The number of anilines is 1. The summed E-state index contributed by atoms with van der Waals surface area (Å²) in [6, 6.07) is 12.2. The predicted molar refractivity (Wildman–Crippen MR) is 122 cm³/mol. The van der Waals surface area contributed by atoms with Crippen LogP contribution in [0.4, 0.5) is 5.69 Å². The lowest BCUT2D eigenvalue weighted by Gasteiger charge is -2.10. The molecule has 1 heterocycles. The molecule has 0 spiro atoms. The van der Waals surface area contributed by atoms with Crippen molar-refractivity contribution in [3.8, 4) is 28.6 Å². The van der Waals surface area contributed by atoms with Gasteiger partial charge in [0.25, 0.3) is 5.56 Å². The van der Waals surface area contributed by atoms with Crippen LogP contribution in [0.3, 0.4) is 0 Å². The number of ether oxygens (including phenoxy) is 4. The van der Waals surface area contributed by atoms with Crippen molar-refractivity contribution < 1.29 is 23.7 Å². The van der Waals surface area contributed by atoms with Crippen LogP contribution in [0.2, 0.25) is 0 Å². The van der Waals surface area contributed by atoms with Crippen LogP contribution in [0.25, 0.3) is 11.4 Å². The average Bonchev–Trinajstić information content (AvgIpc) is 2.83. The summed E-state index contributed by atoms with van der Waals surface area (Å²) < 4.78 is 20.9. The Morgan fingerprint density at radius 1 is 0.970 bits per heavy atom. The number of rotatable bonds is 11. The molecule has 1 aromatic heterocycles. The smallest absolute Gasteiger partial charge is 0.273 e. The first-order valence-electron chi connectivity index (χ1n) is 10.2. The van der Waals surface area contributed by atoms with Crippen LogP contribution < -0.4 is 25.1 Å². The van der Waals surface area contributed by atoms with E-state index in [0.29, 0.717) is 47.5 Å². The van der Waals surface area contributed by atoms with Crippen molar-refractivity contribution in [2.24, 2.45) is 0 Å². The summed E-state index contributed by atoms with van der Waals surface area (Å²) in [4.78, 5) is 27.4. The van der Waals surface area contributed by atoms with Gasteiger partial charge in [-0.3, -0.25) is 9.59 Å². The number of methoxy groups -OCH3 is 3. The zero-order chi connectivity index (χ0) is 23.6. The number of nitrogens with one attached hydrogen (secondary N) is 2. The maximum Gasteiger partial charge on any atom is 0.273 e. The Hall–Kier alpha value is -3.92. The number of carbonyl (C=O) groups excluding carboxylic acids is 1. The SMILES string of the molecule is COCCOc1ccc(-c2nnc(CCC(=O)Nc3ccc(OC)c(OC)c3)c(=O)[nH]2)cc1. The summed E-state index contributed by atoms with van der Waals surface area (Å²) in [6.45, 7) is 0.940. The monoisotopic (exact) mass is 454 g/mol. The van der Waals surface area contributed by atoms with Gasteiger partial charge in [-0.2, -0.15) is 0 Å². The van der Waals surface area contributed by atoms with Crippen LogP contribution in [0.1, 0.15) is 12.1 Å². The fraction of sp³-hybridized carbons (Fsp3) is 0.304. The molecule has 0 atom stereocenters. The molecule has 10 heteroatoms. The van der Waals surface area contributed by atoms with E-state index in [0.717, 1.165) is 0 Å². The molecule has 10 nitrogen and oxygen atoms in total. The number of aryl methyl sites for hydroxylation is 1. The Morgan fingerprint density at radius 3 is 2.39 bits per heavy atom. The van der Waals surface area contributed by atoms with Crippen molar-refractivity contribution in [2.45, 2.75) is 12.8 Å². The Morgan fingerprint density at radius 2 is 1.73 bits per heavy atom. The number of aromatic nitrogens is 3. The maximum atomic E-state index is 12.4. The highest BCUT2D eigenvalue weighted by atomic mass is 16.5. The van der Waals surface area contributed by atoms with Crippen LogP contribution >= 0.6 is 0 Å². The second-order valence-corrected chi connectivity index (χ2v) is 6.93. The van der Waals surface area contributed by atoms with Gasteiger partial charge in [-0.25, -0.2) is 0 Å². The topological polar surface area (TPSA) is 125 Å². The molecule has 2 N–H and O–H groups in total. The van der Waals surface area contributed by atoms with Crippen LogP contribution in [0.5, 0.6) is 17.2 Å². The predicted octanol–water partition coefficient (Wildman–Crippen LogP) is 2.45. The van der Waals surface area contributed by atoms with Crippen molar-refractivity contribution in [1.29, 1.82) is 0 Å². The van der Waals surface area contributed by atoms with E-state index < -0.39 is 0 Å². The molecule has 0 bridgehead atoms. The minimum absolute atomic E-state index is 0.0684. The number of benzene rings is 2. The number of aromatic amines is 1. The van der Waals surface area contributed by atoms with Crippen molar-refractivity contribution in [1.82, 2.24) is 15.2 Å². The number of amides is 1. The van der Waals surface area contributed by atoms with Gasteiger partial charge in [0.2, 0.25) is 5.91 Å². The van der Waals surface area contributed by atoms with Crippen molar-refractivity contribution in [2.75, 3.05) is 39.9 Å². The summed E-state index contributed by atoms with van der Waals surface area (Å²) >= 11 is 0. The molecular formula is C23H26N4O6. The molecule has 0 radical (unpaired) electrons. The molecule has 0 saturated carbocycles. The van der Waals surface area contributed by atoms with Crippen molar-refractivity contribution in [3.63, 3.8) is 0 Å². The number of nitrogens with zero attached hydrogens (tertiary/aromatic N) is 2. The highest BCUT2D eigenvalue weighted by Crippen LogP contribution is 2.29. The van der Waals surface area contributed by atoms with Gasteiger partial charge in [-0.05, 0) is 36.4 Å². The lowest BCUT2D eigenvalue weighted by Crippen LogP contribution is -2.20. The first kappa shape index (κ1) is 23.7. The van der Waals surface area contributed by atoms with E-state index in [1.807, 2.05) is 0 Å². The first-order chi connectivity index (χ1) is 16.0. The Labute approximate surface area is 190 Å². The Kier molecular flexibility index (Phi) is 8.36. The third kappa shape index (κ3) is 6.53. The van der Waals surface area contributed by atoms with E-state index >= 15 is 0 Å². The molecule has 3 aromatic rings. The highest BCUT2D eigenvalue weighted by molar-refractivity contribution is 5.91. The third-order valence-corrected chi connectivity index (χ3v) is 4.70. The minimum Gasteiger partial charge on any atom is -0.493 e. The van der Waals surface area contributed by atoms with E-state index in [2.05, 4.69) is 20.5 Å². The van der Waals surface area contributed by atoms with Crippen LogP contribution in [-0.4, -0.2) is 55.6 Å². The molecule has 174 valence electrons. The van der Waals surface area contributed by atoms with E-state index in [1.54, 1.807) is 49.6 Å². The normalized spacial score (nSPS) is 10.5. The first-order valence-corrected chi connectivity index (χ1v) is 10.2. The molecule has 0 aliphatic heterocycles. The Bertz CT molecular complexity index is 1130. The fourth-order valence-electron chi connectivity index (χ4n) is 2.98. The zero-order valence-electron chi connectivity index (χ0n) is 18.7. The van der Waals surface area contributed by atoms with Crippen LogP contribution in [-0.2, 0) is 16.0 Å². The number of H-pyrrole nitrogens is 1. The summed E-state index contributed by atoms with van der Waals surface area (Å²) in [5.74, 6) is 1.81. The summed E-state index contributed by atoms with van der Waals surface area (Å²) in [5.41, 5.74) is 1.04. The lowest BCUT2D eigenvalue weighted by atomic mass is 10.2. The molecule has 0 unspecified atom stereocenters. The third-order valence-electron chi connectivity index (χ3n) is 4.70. The molecule has 3 rings (SSSR count). The summed E-state index contributed by atoms with van der Waals surface area (Å²) in [6.07, 6.45) is 0.215. The molecule has 0 aliphatic rings. The van der Waals surface area contributed by atoms with Gasteiger partial charge in [0.15, 0.2) is 17.3 Å². The average molecular weight is 454 g/mol.